The molecule has 5 nitrogen and oxygen atoms in total. The fraction of sp³-hybridized carbons (Fsp3) is 0.435. The van der Waals surface area contributed by atoms with Crippen molar-refractivity contribution in [3.8, 4) is 5.75 Å². The zero-order valence-electron chi connectivity index (χ0n) is 17.5. The highest BCUT2D eigenvalue weighted by atomic mass is 19.1. The van der Waals surface area contributed by atoms with Gasteiger partial charge in [0.2, 0.25) is 0 Å². The van der Waals surface area contributed by atoms with Crippen molar-refractivity contribution in [3.05, 3.63) is 53.8 Å². The molecule has 1 aliphatic rings. The number of hydrogen-bond donors (Lipinski definition) is 1. The van der Waals surface area contributed by atoms with Gasteiger partial charge in [-0.25, -0.2) is 4.39 Å². The molecule has 0 aliphatic carbocycles. The van der Waals surface area contributed by atoms with Crippen molar-refractivity contribution in [1.29, 1.82) is 0 Å². The summed E-state index contributed by atoms with van der Waals surface area (Å²) in [5, 5.41) is 3.24. The number of anilines is 2. The van der Waals surface area contributed by atoms with Gasteiger partial charge in [0.15, 0.2) is 0 Å². The first-order valence-corrected chi connectivity index (χ1v) is 10.3. The van der Waals surface area contributed by atoms with Gasteiger partial charge in [-0.15, -0.1) is 0 Å². The number of hydrogen-bond acceptors (Lipinski definition) is 4. The first-order valence-electron chi connectivity index (χ1n) is 10.3. The summed E-state index contributed by atoms with van der Waals surface area (Å²) in [7, 11) is 3.59. The number of carbonyl (C=O) groups excluding carboxylic acids is 1. The van der Waals surface area contributed by atoms with Crippen LogP contribution in [0, 0.1) is 5.82 Å². The van der Waals surface area contributed by atoms with Crippen LogP contribution in [0.3, 0.4) is 0 Å². The van der Waals surface area contributed by atoms with Crippen LogP contribution in [-0.2, 0) is 0 Å². The van der Waals surface area contributed by atoms with Gasteiger partial charge in [-0.1, -0.05) is 13.3 Å². The lowest BCUT2D eigenvalue weighted by molar-refractivity contribution is 0.0993. The molecule has 6 heteroatoms. The van der Waals surface area contributed by atoms with Crippen molar-refractivity contribution >= 4 is 17.3 Å². The number of nitrogens with zero attached hydrogens (tertiary/aromatic N) is 2. The van der Waals surface area contributed by atoms with E-state index in [1.807, 2.05) is 11.9 Å². The molecular formula is C23H30FN3O2. The van der Waals surface area contributed by atoms with Gasteiger partial charge >= 0.3 is 0 Å². The number of likely N-dealkylation sites (N-methyl/N-ethyl adjacent to an activating group) is 1. The number of benzene rings is 2. The second kappa shape index (κ2) is 9.74. The molecule has 0 spiro atoms. The Morgan fingerprint density at radius 3 is 2.66 bits per heavy atom. The fourth-order valence-corrected chi connectivity index (χ4v) is 3.51. The SMILES string of the molecule is CCCCOc1ccc(C(=O)N(C)c2ccc(N3CCC(NC)C3)c(F)c2)cc1. The highest BCUT2D eigenvalue weighted by Crippen LogP contribution is 2.28. The van der Waals surface area contributed by atoms with Gasteiger partial charge in [-0.05, 0) is 62.4 Å². The molecule has 0 radical (unpaired) electrons. The monoisotopic (exact) mass is 399 g/mol. The van der Waals surface area contributed by atoms with Crippen LogP contribution in [0.4, 0.5) is 15.8 Å². The lowest BCUT2D eigenvalue weighted by atomic mass is 10.1. The largest absolute Gasteiger partial charge is 0.494 e. The first-order chi connectivity index (χ1) is 14.0. The van der Waals surface area contributed by atoms with Crippen molar-refractivity contribution in [2.45, 2.75) is 32.2 Å². The summed E-state index contributed by atoms with van der Waals surface area (Å²) < 4.78 is 20.4. The smallest absolute Gasteiger partial charge is 0.258 e. The summed E-state index contributed by atoms with van der Waals surface area (Å²) in [4.78, 5) is 16.3. The minimum absolute atomic E-state index is 0.186. The molecule has 2 aromatic rings. The Kier molecular flexibility index (Phi) is 7.09. The highest BCUT2D eigenvalue weighted by molar-refractivity contribution is 6.05. The van der Waals surface area contributed by atoms with E-state index in [0.29, 0.717) is 29.6 Å². The van der Waals surface area contributed by atoms with Gasteiger partial charge in [-0.3, -0.25) is 4.79 Å². The molecule has 1 atom stereocenters. The highest BCUT2D eigenvalue weighted by Gasteiger charge is 2.24. The lowest BCUT2D eigenvalue weighted by Gasteiger charge is -2.22. The van der Waals surface area contributed by atoms with Crippen molar-refractivity contribution in [2.24, 2.45) is 0 Å². The number of ether oxygens (including phenoxy) is 1. The Labute approximate surface area is 172 Å². The third kappa shape index (κ3) is 5.07. The molecule has 3 rings (SSSR count). The molecule has 156 valence electrons. The third-order valence-electron chi connectivity index (χ3n) is 5.43. The predicted octanol–water partition coefficient (Wildman–Crippen LogP) is 4.08. The van der Waals surface area contributed by atoms with E-state index in [9.17, 15) is 9.18 Å². The van der Waals surface area contributed by atoms with E-state index < -0.39 is 0 Å². The van der Waals surface area contributed by atoms with E-state index in [4.69, 9.17) is 4.74 Å². The van der Waals surface area contributed by atoms with E-state index in [0.717, 1.165) is 38.1 Å². The molecule has 29 heavy (non-hydrogen) atoms. The zero-order valence-corrected chi connectivity index (χ0v) is 17.5. The van der Waals surface area contributed by atoms with Gasteiger partial charge in [-0.2, -0.15) is 0 Å². The van der Waals surface area contributed by atoms with Crippen LogP contribution in [0.2, 0.25) is 0 Å². The Hall–Kier alpha value is -2.60. The Bertz CT molecular complexity index is 825. The van der Waals surface area contributed by atoms with E-state index in [1.54, 1.807) is 43.4 Å². The Morgan fingerprint density at radius 2 is 2.03 bits per heavy atom. The molecule has 1 unspecified atom stereocenters. The average molecular weight is 400 g/mol. The summed E-state index contributed by atoms with van der Waals surface area (Å²) in [6, 6.07) is 12.5. The van der Waals surface area contributed by atoms with Gasteiger partial charge in [0, 0.05) is 37.4 Å². The molecule has 1 saturated heterocycles. The molecule has 2 aromatic carbocycles. The minimum atomic E-state index is -0.307. The zero-order chi connectivity index (χ0) is 20.8. The standard InChI is InChI=1S/C23H30FN3O2/c1-4-5-14-29-20-9-6-17(7-10-20)23(28)26(3)19-8-11-22(21(24)15-19)27-13-12-18(16-27)25-2/h6-11,15,18,25H,4-5,12-14,16H2,1-3H3. The van der Waals surface area contributed by atoms with Gasteiger partial charge in [0.1, 0.15) is 11.6 Å². The van der Waals surface area contributed by atoms with Crippen molar-refractivity contribution in [2.75, 3.05) is 43.6 Å². The summed E-state index contributed by atoms with van der Waals surface area (Å²) in [6.45, 7) is 4.39. The number of carbonyl (C=O) groups is 1. The van der Waals surface area contributed by atoms with Crippen LogP contribution in [0.25, 0.3) is 0 Å². The lowest BCUT2D eigenvalue weighted by Crippen LogP contribution is -2.30. The number of halogens is 1. The molecular weight excluding hydrogens is 369 g/mol. The van der Waals surface area contributed by atoms with Crippen molar-refractivity contribution in [1.82, 2.24) is 5.32 Å². The van der Waals surface area contributed by atoms with E-state index in [-0.39, 0.29) is 11.7 Å². The molecule has 1 amide bonds. The number of nitrogens with one attached hydrogen (secondary N) is 1. The van der Waals surface area contributed by atoms with Crippen molar-refractivity contribution < 1.29 is 13.9 Å². The molecule has 1 fully saturated rings. The van der Waals surface area contributed by atoms with Gasteiger partial charge in [0.05, 0.1) is 12.3 Å². The molecule has 1 aliphatic heterocycles. The fourth-order valence-electron chi connectivity index (χ4n) is 3.51. The first kappa shape index (κ1) is 21.1. The Morgan fingerprint density at radius 1 is 1.28 bits per heavy atom. The number of amides is 1. The molecule has 1 N–H and O–H groups in total. The minimum Gasteiger partial charge on any atom is -0.494 e. The molecule has 0 bridgehead atoms. The van der Waals surface area contributed by atoms with Crippen LogP contribution >= 0.6 is 0 Å². The van der Waals surface area contributed by atoms with Crippen LogP contribution in [0.5, 0.6) is 5.75 Å². The van der Waals surface area contributed by atoms with Crippen LogP contribution in [0.15, 0.2) is 42.5 Å². The van der Waals surface area contributed by atoms with Crippen LogP contribution < -0.4 is 19.9 Å². The van der Waals surface area contributed by atoms with Crippen LogP contribution in [-0.4, -0.2) is 45.7 Å². The van der Waals surface area contributed by atoms with E-state index in [2.05, 4.69) is 12.2 Å². The Balaban J connectivity index is 1.67. The normalized spacial score (nSPS) is 16.1. The summed E-state index contributed by atoms with van der Waals surface area (Å²) in [5.74, 6) is 0.255. The maximum absolute atomic E-state index is 14.7. The molecule has 0 aromatic heterocycles. The third-order valence-corrected chi connectivity index (χ3v) is 5.43. The van der Waals surface area contributed by atoms with Crippen molar-refractivity contribution in [3.63, 3.8) is 0 Å². The van der Waals surface area contributed by atoms with Crippen LogP contribution in [0.1, 0.15) is 36.5 Å². The molecule has 0 saturated carbocycles. The number of unbranched alkanes of at least 4 members (excludes halogenated alkanes) is 1. The summed E-state index contributed by atoms with van der Waals surface area (Å²) >= 11 is 0. The second-order valence-corrected chi connectivity index (χ2v) is 7.45. The summed E-state index contributed by atoms with van der Waals surface area (Å²) in [6.07, 6.45) is 3.07. The average Bonchev–Trinajstić information content (AvgIpc) is 3.22. The quantitative estimate of drug-likeness (QED) is 0.680. The second-order valence-electron chi connectivity index (χ2n) is 7.45. The topological polar surface area (TPSA) is 44.8 Å². The van der Waals surface area contributed by atoms with Gasteiger partial charge in [0.25, 0.3) is 5.91 Å². The van der Waals surface area contributed by atoms with E-state index in [1.165, 1.54) is 11.0 Å². The predicted molar refractivity (Wildman–Crippen MR) is 116 cm³/mol. The molecule has 1 heterocycles. The number of rotatable bonds is 8. The van der Waals surface area contributed by atoms with Gasteiger partial charge < -0.3 is 19.9 Å². The maximum atomic E-state index is 14.7. The maximum Gasteiger partial charge on any atom is 0.258 e. The summed E-state index contributed by atoms with van der Waals surface area (Å²) in [5.41, 5.74) is 1.65. The van der Waals surface area contributed by atoms with E-state index >= 15 is 0 Å².